The summed E-state index contributed by atoms with van der Waals surface area (Å²) in [6.07, 6.45) is 2.09. The Balaban J connectivity index is 2.13. The Morgan fingerprint density at radius 3 is 3.00 bits per heavy atom. The number of carbonyl (C=O) groups excluding carboxylic acids is 1. The summed E-state index contributed by atoms with van der Waals surface area (Å²) in [5.41, 5.74) is 0.470. The van der Waals surface area contributed by atoms with Crippen molar-refractivity contribution in [2.75, 3.05) is 6.54 Å². The number of halogens is 1. The van der Waals surface area contributed by atoms with Crippen LogP contribution in [0.5, 0.6) is 5.75 Å². The van der Waals surface area contributed by atoms with Gasteiger partial charge in [0.1, 0.15) is 5.75 Å². The number of nitrogens with zero attached hydrogens (tertiary/aromatic N) is 1. The first-order valence-corrected chi connectivity index (χ1v) is 6.22. The van der Waals surface area contributed by atoms with E-state index in [4.69, 9.17) is 21.6 Å². The molecule has 4 nitrogen and oxygen atoms in total. The van der Waals surface area contributed by atoms with Crippen molar-refractivity contribution >= 4 is 17.5 Å². The van der Waals surface area contributed by atoms with Gasteiger partial charge in [-0.15, -0.1) is 0 Å². The van der Waals surface area contributed by atoms with Gasteiger partial charge in [0.05, 0.1) is 16.7 Å². The predicted octanol–water partition coefficient (Wildman–Crippen LogP) is 2.26. The summed E-state index contributed by atoms with van der Waals surface area (Å²) in [5.74, 6) is 0.339. The number of benzene rings is 1. The van der Waals surface area contributed by atoms with Crippen LogP contribution in [0.4, 0.5) is 0 Å². The maximum absolute atomic E-state index is 11.7. The molecular formula is C13H13ClN2O2. The molecule has 1 aliphatic rings. The SMILES string of the molecule is N#Cc1ccc(OC2CCCCNC2=O)c(Cl)c1. The van der Waals surface area contributed by atoms with Gasteiger partial charge in [0.25, 0.3) is 5.91 Å². The second-order valence-electron chi connectivity index (χ2n) is 4.15. The molecule has 1 aliphatic heterocycles. The monoisotopic (exact) mass is 264 g/mol. The maximum atomic E-state index is 11.7. The molecule has 5 heteroatoms. The van der Waals surface area contributed by atoms with Crippen LogP contribution in [0.1, 0.15) is 24.8 Å². The lowest BCUT2D eigenvalue weighted by Gasteiger charge is -2.16. The van der Waals surface area contributed by atoms with E-state index in [0.717, 1.165) is 12.8 Å². The van der Waals surface area contributed by atoms with E-state index in [1.165, 1.54) is 6.07 Å². The number of rotatable bonds is 2. The third kappa shape index (κ3) is 2.93. The zero-order chi connectivity index (χ0) is 13.0. The Bertz CT molecular complexity index is 496. The lowest BCUT2D eigenvalue weighted by Crippen LogP contribution is -2.36. The van der Waals surface area contributed by atoms with Crippen molar-refractivity contribution in [1.82, 2.24) is 5.32 Å². The molecule has 1 aromatic rings. The Morgan fingerprint density at radius 2 is 2.28 bits per heavy atom. The van der Waals surface area contributed by atoms with Crippen molar-refractivity contribution < 1.29 is 9.53 Å². The molecule has 0 aromatic heterocycles. The van der Waals surface area contributed by atoms with Crippen LogP contribution in [0, 0.1) is 11.3 Å². The zero-order valence-corrected chi connectivity index (χ0v) is 10.5. The van der Waals surface area contributed by atoms with E-state index in [2.05, 4.69) is 5.32 Å². The number of hydrogen-bond donors (Lipinski definition) is 1. The third-order valence-corrected chi connectivity index (χ3v) is 3.11. The first-order chi connectivity index (χ1) is 8.70. The van der Waals surface area contributed by atoms with Crippen LogP contribution in [-0.4, -0.2) is 18.6 Å². The van der Waals surface area contributed by atoms with E-state index >= 15 is 0 Å². The van der Waals surface area contributed by atoms with Crippen LogP contribution in [0.3, 0.4) is 0 Å². The number of nitrogens with one attached hydrogen (secondary N) is 1. The number of nitriles is 1. The molecule has 1 N–H and O–H groups in total. The minimum Gasteiger partial charge on any atom is -0.479 e. The van der Waals surface area contributed by atoms with Gasteiger partial charge in [-0.3, -0.25) is 4.79 Å². The molecule has 0 bridgehead atoms. The van der Waals surface area contributed by atoms with Crippen LogP contribution >= 0.6 is 11.6 Å². The summed E-state index contributed by atoms with van der Waals surface area (Å²) in [5, 5.41) is 11.9. The van der Waals surface area contributed by atoms with Crippen molar-refractivity contribution in [2.45, 2.75) is 25.4 Å². The summed E-state index contributed by atoms with van der Waals surface area (Å²) >= 11 is 6.01. The van der Waals surface area contributed by atoms with Crippen LogP contribution in [-0.2, 0) is 4.79 Å². The van der Waals surface area contributed by atoms with E-state index in [1.807, 2.05) is 6.07 Å². The molecule has 1 atom stereocenters. The number of amides is 1. The highest BCUT2D eigenvalue weighted by molar-refractivity contribution is 6.32. The Morgan fingerprint density at radius 1 is 1.44 bits per heavy atom. The molecule has 1 unspecified atom stereocenters. The van der Waals surface area contributed by atoms with Crippen LogP contribution in [0.2, 0.25) is 5.02 Å². The van der Waals surface area contributed by atoms with E-state index in [1.54, 1.807) is 12.1 Å². The Hall–Kier alpha value is -1.73. The highest BCUT2D eigenvalue weighted by Crippen LogP contribution is 2.27. The molecule has 0 saturated carbocycles. The average Bonchev–Trinajstić information content (AvgIpc) is 2.57. The van der Waals surface area contributed by atoms with Gasteiger partial charge in [-0.25, -0.2) is 0 Å². The molecule has 1 heterocycles. The lowest BCUT2D eigenvalue weighted by molar-refractivity contribution is -0.127. The van der Waals surface area contributed by atoms with Gasteiger partial charge in [0, 0.05) is 6.54 Å². The van der Waals surface area contributed by atoms with Crippen molar-refractivity contribution in [1.29, 1.82) is 5.26 Å². The lowest BCUT2D eigenvalue weighted by atomic mass is 10.2. The fourth-order valence-corrected chi connectivity index (χ4v) is 2.07. The molecule has 0 spiro atoms. The molecule has 0 radical (unpaired) electrons. The van der Waals surface area contributed by atoms with Gasteiger partial charge in [0.2, 0.25) is 0 Å². The summed E-state index contributed by atoms with van der Waals surface area (Å²) in [6, 6.07) is 6.78. The van der Waals surface area contributed by atoms with E-state index in [9.17, 15) is 4.79 Å². The van der Waals surface area contributed by atoms with Gasteiger partial charge in [-0.05, 0) is 37.5 Å². The number of carbonyl (C=O) groups is 1. The smallest absolute Gasteiger partial charge is 0.261 e. The highest BCUT2D eigenvalue weighted by atomic mass is 35.5. The first kappa shape index (κ1) is 12.7. The van der Waals surface area contributed by atoms with Crippen molar-refractivity contribution in [3.05, 3.63) is 28.8 Å². The first-order valence-electron chi connectivity index (χ1n) is 5.85. The highest BCUT2D eigenvalue weighted by Gasteiger charge is 2.23. The topological polar surface area (TPSA) is 62.1 Å². The molecule has 2 rings (SSSR count). The Labute approximate surface area is 111 Å². The van der Waals surface area contributed by atoms with Crippen molar-refractivity contribution in [3.63, 3.8) is 0 Å². The minimum absolute atomic E-state index is 0.104. The van der Waals surface area contributed by atoms with Gasteiger partial charge < -0.3 is 10.1 Å². The normalized spacial score (nSPS) is 19.6. The molecule has 1 saturated heterocycles. The number of ether oxygens (including phenoxy) is 1. The average molecular weight is 265 g/mol. The molecule has 18 heavy (non-hydrogen) atoms. The summed E-state index contributed by atoms with van der Waals surface area (Å²) in [4.78, 5) is 11.7. The predicted molar refractivity (Wildman–Crippen MR) is 67.4 cm³/mol. The van der Waals surface area contributed by atoms with Crippen LogP contribution in [0.25, 0.3) is 0 Å². The third-order valence-electron chi connectivity index (χ3n) is 2.81. The minimum atomic E-state index is -0.502. The van der Waals surface area contributed by atoms with Crippen molar-refractivity contribution in [2.24, 2.45) is 0 Å². The van der Waals surface area contributed by atoms with Gasteiger partial charge in [-0.1, -0.05) is 11.6 Å². The maximum Gasteiger partial charge on any atom is 0.261 e. The fraction of sp³-hybridized carbons (Fsp3) is 0.385. The summed E-state index contributed by atoms with van der Waals surface area (Å²) < 4.78 is 5.62. The van der Waals surface area contributed by atoms with E-state index < -0.39 is 6.10 Å². The van der Waals surface area contributed by atoms with Gasteiger partial charge in [-0.2, -0.15) is 5.26 Å². The van der Waals surface area contributed by atoms with Crippen LogP contribution < -0.4 is 10.1 Å². The standard InChI is InChI=1S/C13H13ClN2O2/c14-10-7-9(8-15)4-5-11(10)18-12-3-1-2-6-16-13(12)17/h4-5,7,12H,1-3,6H2,(H,16,17). The summed E-state index contributed by atoms with van der Waals surface area (Å²) in [6.45, 7) is 0.694. The molecule has 94 valence electrons. The van der Waals surface area contributed by atoms with E-state index in [-0.39, 0.29) is 5.91 Å². The largest absolute Gasteiger partial charge is 0.479 e. The summed E-state index contributed by atoms with van der Waals surface area (Å²) in [7, 11) is 0. The Kier molecular flexibility index (Phi) is 4.06. The zero-order valence-electron chi connectivity index (χ0n) is 9.78. The quantitative estimate of drug-likeness (QED) is 0.891. The van der Waals surface area contributed by atoms with Gasteiger partial charge in [0.15, 0.2) is 6.10 Å². The molecule has 1 fully saturated rings. The van der Waals surface area contributed by atoms with Gasteiger partial charge >= 0.3 is 0 Å². The molecule has 1 aromatic carbocycles. The fourth-order valence-electron chi connectivity index (χ4n) is 1.84. The second-order valence-corrected chi connectivity index (χ2v) is 4.56. The van der Waals surface area contributed by atoms with E-state index in [0.29, 0.717) is 29.3 Å². The van der Waals surface area contributed by atoms with Crippen molar-refractivity contribution in [3.8, 4) is 11.8 Å². The molecule has 1 amide bonds. The molecule has 0 aliphatic carbocycles. The second kappa shape index (κ2) is 5.74. The molecular weight excluding hydrogens is 252 g/mol. The van der Waals surface area contributed by atoms with Crippen LogP contribution in [0.15, 0.2) is 18.2 Å². The number of hydrogen-bond acceptors (Lipinski definition) is 3.